The molecule has 0 aromatic heterocycles. The van der Waals surface area contributed by atoms with Gasteiger partial charge in [-0.25, -0.2) is 4.79 Å². The fourth-order valence-corrected chi connectivity index (χ4v) is 7.08. The van der Waals surface area contributed by atoms with Crippen LogP contribution in [0.4, 0.5) is 17.1 Å². The van der Waals surface area contributed by atoms with E-state index in [1.54, 1.807) is 0 Å². The van der Waals surface area contributed by atoms with E-state index in [0.29, 0.717) is 17.2 Å². The minimum absolute atomic E-state index is 0.378. The zero-order valence-electron chi connectivity index (χ0n) is 30.3. The average molecular weight is 688 g/mol. The summed E-state index contributed by atoms with van der Waals surface area (Å²) < 4.78 is 5.79. The highest BCUT2D eigenvalue weighted by Crippen LogP contribution is 2.38. The summed E-state index contributed by atoms with van der Waals surface area (Å²) in [5, 5.41) is 4.81. The topological polar surface area (TPSA) is 29.5 Å². The number of anilines is 3. The van der Waals surface area contributed by atoms with E-state index in [0.717, 1.165) is 40.2 Å². The van der Waals surface area contributed by atoms with Gasteiger partial charge in [0.2, 0.25) is 0 Å². The van der Waals surface area contributed by atoms with Crippen LogP contribution in [0, 0.1) is 0 Å². The number of nitrogens with zero attached hydrogens (tertiary/aromatic N) is 1. The lowest BCUT2D eigenvalue weighted by Gasteiger charge is -2.26. The first-order chi connectivity index (χ1) is 25.9. The van der Waals surface area contributed by atoms with Gasteiger partial charge in [-0.3, -0.25) is 0 Å². The molecular weight excluding hydrogens is 647 g/mol. The summed E-state index contributed by atoms with van der Waals surface area (Å²) in [5.74, 6) is 0.606. The lowest BCUT2D eigenvalue weighted by Crippen LogP contribution is -2.10. The van der Waals surface area contributed by atoms with E-state index in [-0.39, 0.29) is 5.97 Å². The number of fused-ring (bicyclic) bond motifs is 2. The van der Waals surface area contributed by atoms with Crippen LogP contribution >= 0.6 is 0 Å². The molecule has 0 N–H and O–H groups in total. The maximum absolute atomic E-state index is 13.2. The third-order valence-electron chi connectivity index (χ3n) is 10.1. The Bertz CT molecular complexity index is 2470. The zero-order valence-corrected chi connectivity index (χ0v) is 30.3. The summed E-state index contributed by atoms with van der Waals surface area (Å²) in [7, 11) is 0. The third-order valence-corrected chi connectivity index (χ3v) is 10.1. The largest absolute Gasteiger partial charge is 0.423 e. The molecule has 0 saturated carbocycles. The number of ether oxygens (including phenoxy) is 1. The summed E-state index contributed by atoms with van der Waals surface area (Å²) in [6.07, 6.45) is 0.958. The Morgan fingerprint density at radius 2 is 1.04 bits per heavy atom. The predicted octanol–water partition coefficient (Wildman–Crippen LogP) is 13.7. The van der Waals surface area contributed by atoms with Crippen molar-refractivity contribution in [2.24, 2.45) is 0 Å². The summed E-state index contributed by atoms with van der Waals surface area (Å²) in [6, 6.07) is 60.9. The molecule has 258 valence electrons. The highest BCUT2D eigenvalue weighted by Gasteiger charge is 2.15. The summed E-state index contributed by atoms with van der Waals surface area (Å²) in [6.45, 7) is 6.60. The number of hydrogen-bond donors (Lipinski definition) is 0. The van der Waals surface area contributed by atoms with Crippen LogP contribution in [0.25, 0.3) is 43.8 Å². The molecule has 0 aliphatic carbocycles. The van der Waals surface area contributed by atoms with Crippen molar-refractivity contribution in [3.63, 3.8) is 0 Å². The second-order valence-electron chi connectivity index (χ2n) is 13.9. The Morgan fingerprint density at radius 1 is 0.528 bits per heavy atom. The quantitative estimate of drug-likeness (QED) is 0.112. The molecule has 0 saturated heterocycles. The third kappa shape index (κ3) is 7.07. The van der Waals surface area contributed by atoms with Crippen LogP contribution in [0.15, 0.2) is 176 Å². The fourth-order valence-electron chi connectivity index (χ4n) is 7.08. The number of carbonyl (C=O) groups is 1. The molecule has 0 bridgehead atoms. The van der Waals surface area contributed by atoms with Gasteiger partial charge in [0, 0.05) is 17.1 Å². The number of benzene rings is 8. The van der Waals surface area contributed by atoms with Crippen molar-refractivity contribution >= 4 is 44.6 Å². The van der Waals surface area contributed by atoms with Gasteiger partial charge in [0.1, 0.15) is 5.75 Å². The monoisotopic (exact) mass is 687 g/mol. The first-order valence-corrected chi connectivity index (χ1v) is 18.4. The Hall–Kier alpha value is -6.45. The van der Waals surface area contributed by atoms with E-state index in [4.69, 9.17) is 4.74 Å². The van der Waals surface area contributed by atoms with E-state index in [1.165, 1.54) is 38.2 Å². The molecule has 0 aliphatic rings. The Kier molecular flexibility index (Phi) is 9.31. The molecule has 0 heterocycles. The molecule has 0 atom stereocenters. The van der Waals surface area contributed by atoms with E-state index in [9.17, 15) is 4.79 Å². The van der Waals surface area contributed by atoms with E-state index < -0.39 is 0 Å². The second-order valence-corrected chi connectivity index (χ2v) is 13.9. The molecule has 0 fully saturated rings. The molecule has 0 amide bonds. The van der Waals surface area contributed by atoms with Gasteiger partial charge < -0.3 is 9.64 Å². The second kappa shape index (κ2) is 14.7. The molecule has 3 nitrogen and oxygen atoms in total. The molecule has 53 heavy (non-hydrogen) atoms. The minimum Gasteiger partial charge on any atom is -0.423 e. The normalized spacial score (nSPS) is 11.2. The van der Waals surface area contributed by atoms with Crippen LogP contribution in [0.5, 0.6) is 5.75 Å². The van der Waals surface area contributed by atoms with Crippen LogP contribution in [0.2, 0.25) is 0 Å². The average Bonchev–Trinajstić information content (AvgIpc) is 3.21. The summed E-state index contributed by atoms with van der Waals surface area (Å²) >= 11 is 0. The van der Waals surface area contributed by atoms with Crippen molar-refractivity contribution < 1.29 is 9.53 Å². The van der Waals surface area contributed by atoms with Crippen LogP contribution in [0.1, 0.15) is 48.2 Å². The molecule has 8 aromatic carbocycles. The number of esters is 1. The molecule has 3 heteroatoms. The molecule has 0 unspecified atom stereocenters. The van der Waals surface area contributed by atoms with Crippen LogP contribution in [-0.2, 0) is 6.42 Å². The molecule has 8 aromatic rings. The zero-order chi connectivity index (χ0) is 36.3. The van der Waals surface area contributed by atoms with Crippen molar-refractivity contribution in [1.29, 1.82) is 0 Å². The molecule has 8 rings (SSSR count). The van der Waals surface area contributed by atoms with Gasteiger partial charge in [-0.05, 0) is 128 Å². The van der Waals surface area contributed by atoms with Gasteiger partial charge in [-0.1, -0.05) is 136 Å². The van der Waals surface area contributed by atoms with Crippen LogP contribution < -0.4 is 9.64 Å². The van der Waals surface area contributed by atoms with E-state index in [2.05, 4.69) is 153 Å². The Morgan fingerprint density at radius 3 is 1.58 bits per heavy atom. The standard InChI is InChI=1S/C50H41NO2/c1-4-35-13-18-42(34(2)3)33-49(35)40-23-29-48(30-24-40)53-50(52)41-16-14-38(15-17-41)39-19-25-45(26-20-39)51(46-27-21-36-9-5-7-11-43(36)31-46)47-28-22-37-10-6-8-12-44(37)32-47/h5-34H,4H2,1-3H3. The van der Waals surface area contributed by atoms with Crippen LogP contribution in [0.3, 0.4) is 0 Å². The first-order valence-electron chi connectivity index (χ1n) is 18.4. The Labute approximate surface area is 311 Å². The van der Waals surface area contributed by atoms with Crippen LogP contribution in [-0.4, -0.2) is 5.97 Å². The van der Waals surface area contributed by atoms with Gasteiger partial charge in [0.05, 0.1) is 5.56 Å². The number of rotatable bonds is 9. The minimum atomic E-state index is -0.378. The van der Waals surface area contributed by atoms with E-state index >= 15 is 0 Å². The first kappa shape index (κ1) is 33.7. The maximum Gasteiger partial charge on any atom is 0.343 e. The molecule has 0 radical (unpaired) electrons. The molecule has 0 aliphatic heterocycles. The van der Waals surface area contributed by atoms with Crippen molar-refractivity contribution in [3.8, 4) is 28.0 Å². The SMILES string of the molecule is CCc1ccc(C(C)C)cc1-c1ccc(OC(=O)c2ccc(-c3ccc(N(c4ccc5ccccc5c4)c4ccc5ccccc5c4)cc3)cc2)cc1. The summed E-state index contributed by atoms with van der Waals surface area (Å²) in [4.78, 5) is 15.5. The van der Waals surface area contributed by atoms with Crippen molar-refractivity contribution in [2.75, 3.05) is 4.90 Å². The lowest BCUT2D eigenvalue weighted by molar-refractivity contribution is 0.0735. The predicted molar refractivity (Wildman–Crippen MR) is 222 cm³/mol. The lowest BCUT2D eigenvalue weighted by atomic mass is 9.92. The molecular formula is C50H41NO2. The fraction of sp³-hybridized carbons (Fsp3) is 0.100. The van der Waals surface area contributed by atoms with Gasteiger partial charge in [0.15, 0.2) is 0 Å². The van der Waals surface area contributed by atoms with Gasteiger partial charge in [0.25, 0.3) is 0 Å². The van der Waals surface area contributed by atoms with E-state index in [1.807, 2.05) is 48.5 Å². The number of hydrogen-bond acceptors (Lipinski definition) is 3. The van der Waals surface area contributed by atoms with Gasteiger partial charge >= 0.3 is 5.97 Å². The van der Waals surface area contributed by atoms with Gasteiger partial charge in [-0.2, -0.15) is 0 Å². The smallest absolute Gasteiger partial charge is 0.343 e. The van der Waals surface area contributed by atoms with Crippen molar-refractivity contribution in [2.45, 2.75) is 33.1 Å². The summed E-state index contributed by atoms with van der Waals surface area (Å²) in [5.41, 5.74) is 10.8. The number of carbonyl (C=O) groups excluding carboxylic acids is 1. The van der Waals surface area contributed by atoms with Crippen molar-refractivity contribution in [1.82, 2.24) is 0 Å². The van der Waals surface area contributed by atoms with Gasteiger partial charge in [-0.15, -0.1) is 0 Å². The maximum atomic E-state index is 13.2. The highest BCUT2D eigenvalue weighted by molar-refractivity contribution is 5.93. The number of aryl methyl sites for hydroxylation is 1. The van der Waals surface area contributed by atoms with Crippen molar-refractivity contribution in [3.05, 3.63) is 193 Å². The highest BCUT2D eigenvalue weighted by atomic mass is 16.5. The molecule has 0 spiro atoms. The Balaban J connectivity index is 1.01.